The van der Waals surface area contributed by atoms with E-state index in [1.807, 2.05) is 4.90 Å². The van der Waals surface area contributed by atoms with Gasteiger partial charge >= 0.3 is 0 Å². The molecule has 2 saturated heterocycles. The standard InChI is InChI=1S/C19H28N4O3/c1-13-17(20-12-26-13)19(25)22-9-6-16(7-10-22)23-8-2-3-14(11-23)18(24)21-15-4-5-15/h12,14-16H,2-11H2,1H3,(H,21,24)/t14-/m0/s1. The average Bonchev–Trinajstić information content (AvgIpc) is 3.39. The van der Waals surface area contributed by atoms with Crippen molar-refractivity contribution >= 4 is 11.8 Å². The molecule has 4 rings (SSSR count). The molecule has 1 saturated carbocycles. The van der Waals surface area contributed by atoms with Gasteiger partial charge in [0.15, 0.2) is 12.1 Å². The van der Waals surface area contributed by atoms with E-state index in [1.54, 1.807) is 6.92 Å². The van der Waals surface area contributed by atoms with Crippen LogP contribution in [0, 0.1) is 12.8 Å². The maximum absolute atomic E-state index is 12.6. The predicted molar refractivity (Wildman–Crippen MR) is 95.6 cm³/mol. The zero-order valence-corrected chi connectivity index (χ0v) is 15.4. The molecule has 0 spiro atoms. The Morgan fingerprint density at radius 3 is 2.58 bits per heavy atom. The number of hydrogen-bond donors (Lipinski definition) is 1. The largest absolute Gasteiger partial charge is 0.448 e. The van der Waals surface area contributed by atoms with E-state index < -0.39 is 0 Å². The first-order chi connectivity index (χ1) is 12.6. The summed E-state index contributed by atoms with van der Waals surface area (Å²) in [6, 6.07) is 0.904. The number of aryl methyl sites for hydroxylation is 1. The number of aromatic nitrogens is 1. The third-order valence-electron chi connectivity index (χ3n) is 5.96. The highest BCUT2D eigenvalue weighted by atomic mass is 16.3. The van der Waals surface area contributed by atoms with Crippen LogP contribution >= 0.6 is 0 Å². The second-order valence-corrected chi connectivity index (χ2v) is 7.90. The van der Waals surface area contributed by atoms with Crippen molar-refractivity contribution in [2.24, 2.45) is 5.92 Å². The summed E-state index contributed by atoms with van der Waals surface area (Å²) in [6.45, 7) is 5.18. The first-order valence-electron chi connectivity index (χ1n) is 9.85. The van der Waals surface area contributed by atoms with Crippen LogP contribution in [-0.2, 0) is 4.79 Å². The zero-order chi connectivity index (χ0) is 18.1. The van der Waals surface area contributed by atoms with Crippen LogP contribution in [0.2, 0.25) is 0 Å². The fraction of sp³-hybridized carbons (Fsp3) is 0.737. The van der Waals surface area contributed by atoms with Crippen molar-refractivity contribution in [3.05, 3.63) is 17.8 Å². The maximum atomic E-state index is 12.6. The van der Waals surface area contributed by atoms with Crippen LogP contribution in [0.1, 0.15) is 54.8 Å². The van der Waals surface area contributed by atoms with Gasteiger partial charge in [0.1, 0.15) is 5.76 Å². The summed E-state index contributed by atoms with van der Waals surface area (Å²) in [5, 5.41) is 3.16. The maximum Gasteiger partial charge on any atom is 0.276 e. The molecule has 2 amide bonds. The smallest absolute Gasteiger partial charge is 0.276 e. The molecule has 0 bridgehead atoms. The number of carbonyl (C=O) groups is 2. The molecular formula is C19H28N4O3. The van der Waals surface area contributed by atoms with Gasteiger partial charge in [0.05, 0.1) is 5.92 Å². The van der Waals surface area contributed by atoms with Crippen LogP contribution < -0.4 is 5.32 Å². The highest BCUT2D eigenvalue weighted by Crippen LogP contribution is 2.26. The molecule has 2 aliphatic heterocycles. The second-order valence-electron chi connectivity index (χ2n) is 7.90. The van der Waals surface area contributed by atoms with E-state index in [1.165, 1.54) is 6.39 Å². The molecule has 3 fully saturated rings. The fourth-order valence-corrected chi connectivity index (χ4v) is 4.19. The Balaban J connectivity index is 1.29. The lowest BCUT2D eigenvalue weighted by molar-refractivity contribution is -0.127. The Bertz CT molecular complexity index is 661. The molecule has 0 radical (unpaired) electrons. The van der Waals surface area contributed by atoms with Crippen molar-refractivity contribution < 1.29 is 14.0 Å². The Labute approximate surface area is 154 Å². The molecule has 1 atom stereocenters. The zero-order valence-electron chi connectivity index (χ0n) is 15.4. The van der Waals surface area contributed by atoms with Crippen molar-refractivity contribution in [1.82, 2.24) is 20.1 Å². The highest BCUT2D eigenvalue weighted by molar-refractivity contribution is 5.93. The number of likely N-dealkylation sites (tertiary alicyclic amines) is 2. The van der Waals surface area contributed by atoms with E-state index in [0.717, 1.165) is 64.7 Å². The monoisotopic (exact) mass is 360 g/mol. The number of nitrogens with one attached hydrogen (secondary N) is 1. The number of hydrogen-bond acceptors (Lipinski definition) is 5. The van der Waals surface area contributed by atoms with Crippen LogP contribution in [-0.4, -0.2) is 64.9 Å². The van der Waals surface area contributed by atoms with Crippen molar-refractivity contribution in [2.45, 2.75) is 57.5 Å². The topological polar surface area (TPSA) is 78.7 Å². The summed E-state index contributed by atoms with van der Waals surface area (Å²) in [7, 11) is 0. The average molecular weight is 360 g/mol. The van der Waals surface area contributed by atoms with Gasteiger partial charge in [-0.3, -0.25) is 14.5 Å². The third kappa shape index (κ3) is 3.77. The lowest BCUT2D eigenvalue weighted by atomic mass is 9.93. The first-order valence-corrected chi connectivity index (χ1v) is 9.85. The van der Waals surface area contributed by atoms with E-state index in [-0.39, 0.29) is 17.7 Å². The number of carbonyl (C=O) groups excluding carboxylic acids is 2. The summed E-state index contributed by atoms with van der Waals surface area (Å²) in [5.74, 6) is 0.917. The van der Waals surface area contributed by atoms with E-state index in [4.69, 9.17) is 4.42 Å². The van der Waals surface area contributed by atoms with E-state index in [2.05, 4.69) is 15.2 Å². The quantitative estimate of drug-likeness (QED) is 0.882. The molecular weight excluding hydrogens is 332 g/mol. The summed E-state index contributed by atoms with van der Waals surface area (Å²) >= 11 is 0. The van der Waals surface area contributed by atoms with Crippen molar-refractivity contribution in [3.8, 4) is 0 Å². The molecule has 7 nitrogen and oxygen atoms in total. The number of piperidine rings is 2. The normalized spacial score (nSPS) is 25.3. The van der Waals surface area contributed by atoms with Crippen molar-refractivity contribution in [3.63, 3.8) is 0 Å². The number of nitrogens with zero attached hydrogens (tertiary/aromatic N) is 3. The molecule has 0 aromatic carbocycles. The van der Waals surface area contributed by atoms with E-state index in [9.17, 15) is 9.59 Å². The van der Waals surface area contributed by atoms with E-state index >= 15 is 0 Å². The Morgan fingerprint density at radius 1 is 1.15 bits per heavy atom. The Morgan fingerprint density at radius 2 is 1.92 bits per heavy atom. The van der Waals surface area contributed by atoms with Gasteiger partial charge in [-0.15, -0.1) is 0 Å². The van der Waals surface area contributed by atoms with Crippen LogP contribution in [0.3, 0.4) is 0 Å². The van der Waals surface area contributed by atoms with Crippen LogP contribution in [0.15, 0.2) is 10.8 Å². The summed E-state index contributed by atoms with van der Waals surface area (Å²) in [5.41, 5.74) is 0.429. The number of amides is 2. The van der Waals surface area contributed by atoms with Gasteiger partial charge in [-0.25, -0.2) is 4.98 Å². The molecule has 7 heteroatoms. The molecule has 1 aromatic heterocycles. The first kappa shape index (κ1) is 17.5. The molecule has 26 heavy (non-hydrogen) atoms. The minimum atomic E-state index is -0.0324. The van der Waals surface area contributed by atoms with Gasteiger partial charge in [0, 0.05) is 31.7 Å². The second kappa shape index (κ2) is 7.39. The third-order valence-corrected chi connectivity index (χ3v) is 5.96. The summed E-state index contributed by atoms with van der Waals surface area (Å²) in [4.78, 5) is 33.3. The van der Waals surface area contributed by atoms with Crippen LogP contribution in [0.5, 0.6) is 0 Å². The lowest BCUT2D eigenvalue weighted by Crippen LogP contribution is -2.51. The Hall–Kier alpha value is -1.89. The van der Waals surface area contributed by atoms with Gasteiger partial charge in [0.2, 0.25) is 5.91 Å². The van der Waals surface area contributed by atoms with Crippen molar-refractivity contribution in [1.29, 1.82) is 0 Å². The molecule has 1 N–H and O–H groups in total. The molecule has 1 aliphatic carbocycles. The van der Waals surface area contributed by atoms with Gasteiger partial charge in [-0.1, -0.05) is 0 Å². The fourth-order valence-electron chi connectivity index (χ4n) is 4.19. The Kier molecular flexibility index (Phi) is 4.98. The molecule has 0 unspecified atom stereocenters. The van der Waals surface area contributed by atoms with Gasteiger partial charge in [-0.05, 0) is 52.0 Å². The van der Waals surface area contributed by atoms with Gasteiger partial charge in [-0.2, -0.15) is 0 Å². The predicted octanol–water partition coefficient (Wildman–Crippen LogP) is 1.58. The van der Waals surface area contributed by atoms with Gasteiger partial charge in [0.25, 0.3) is 5.91 Å². The minimum absolute atomic E-state index is 0.0324. The lowest BCUT2D eigenvalue weighted by Gasteiger charge is -2.42. The molecule has 1 aromatic rings. The molecule has 3 aliphatic rings. The summed E-state index contributed by atoms with van der Waals surface area (Å²) in [6.07, 6.45) is 7.60. The van der Waals surface area contributed by atoms with Crippen molar-refractivity contribution in [2.75, 3.05) is 26.2 Å². The minimum Gasteiger partial charge on any atom is -0.448 e. The highest BCUT2D eigenvalue weighted by Gasteiger charge is 2.34. The summed E-state index contributed by atoms with van der Waals surface area (Å²) < 4.78 is 5.15. The van der Waals surface area contributed by atoms with Gasteiger partial charge < -0.3 is 14.6 Å². The number of oxazole rings is 1. The van der Waals surface area contributed by atoms with Crippen LogP contribution in [0.4, 0.5) is 0 Å². The number of rotatable bonds is 4. The molecule has 142 valence electrons. The molecule has 3 heterocycles. The van der Waals surface area contributed by atoms with Crippen LogP contribution in [0.25, 0.3) is 0 Å². The van der Waals surface area contributed by atoms with E-state index in [0.29, 0.717) is 23.5 Å². The SMILES string of the molecule is Cc1ocnc1C(=O)N1CCC(N2CCC[C@H](C(=O)NC3CC3)C2)CC1.